The summed E-state index contributed by atoms with van der Waals surface area (Å²) in [6.45, 7) is 2.44. The predicted octanol–water partition coefficient (Wildman–Crippen LogP) is 2.53. The van der Waals surface area contributed by atoms with E-state index in [0.29, 0.717) is 28.6 Å². The number of nitrogen functional groups attached to an aromatic ring is 1. The van der Waals surface area contributed by atoms with Gasteiger partial charge in [0, 0.05) is 18.3 Å². The average molecular weight is 294 g/mol. The van der Waals surface area contributed by atoms with Crippen LogP contribution in [-0.4, -0.2) is 25.3 Å². The maximum absolute atomic E-state index is 13.0. The molecule has 2 aliphatic rings. The molecule has 0 spiro atoms. The van der Waals surface area contributed by atoms with Crippen LogP contribution in [0.2, 0.25) is 0 Å². The van der Waals surface area contributed by atoms with Crippen molar-refractivity contribution in [2.45, 2.75) is 50.0 Å². The van der Waals surface area contributed by atoms with Crippen molar-refractivity contribution < 1.29 is 8.42 Å². The Bertz CT molecular complexity index is 612. The standard InChI is InChI=1S/C15H22N2O2S/c1-11-13(16)7-3-9-15(11)20(18,19)17-10-4-6-12-5-2-8-14(12)17/h3,7,9,12,14H,2,4-6,8,10,16H2,1H3. The summed E-state index contributed by atoms with van der Waals surface area (Å²) in [6.07, 6.45) is 5.48. The van der Waals surface area contributed by atoms with Gasteiger partial charge in [-0.1, -0.05) is 12.5 Å². The van der Waals surface area contributed by atoms with E-state index in [0.717, 1.165) is 19.3 Å². The number of piperidine rings is 1. The Morgan fingerprint density at radius 3 is 2.75 bits per heavy atom. The van der Waals surface area contributed by atoms with Crippen molar-refractivity contribution in [2.75, 3.05) is 12.3 Å². The van der Waals surface area contributed by atoms with Gasteiger partial charge in [0.25, 0.3) is 0 Å². The number of sulfonamides is 1. The van der Waals surface area contributed by atoms with Crippen LogP contribution in [0.1, 0.15) is 37.7 Å². The molecule has 2 fully saturated rings. The molecule has 1 aromatic carbocycles. The summed E-state index contributed by atoms with van der Waals surface area (Å²) in [7, 11) is -3.42. The third-order valence-corrected chi connectivity index (χ3v) is 6.92. The van der Waals surface area contributed by atoms with E-state index in [1.54, 1.807) is 29.4 Å². The van der Waals surface area contributed by atoms with Crippen LogP contribution in [0, 0.1) is 12.8 Å². The van der Waals surface area contributed by atoms with Gasteiger partial charge >= 0.3 is 0 Å². The molecule has 0 amide bonds. The van der Waals surface area contributed by atoms with Crippen molar-refractivity contribution in [3.8, 4) is 0 Å². The summed E-state index contributed by atoms with van der Waals surface area (Å²) < 4.78 is 27.7. The van der Waals surface area contributed by atoms with Crippen LogP contribution in [0.4, 0.5) is 5.69 Å². The van der Waals surface area contributed by atoms with Gasteiger partial charge in [-0.05, 0) is 56.2 Å². The summed E-state index contributed by atoms with van der Waals surface area (Å²) in [5.41, 5.74) is 7.09. The smallest absolute Gasteiger partial charge is 0.243 e. The highest BCUT2D eigenvalue weighted by atomic mass is 32.2. The third-order valence-electron chi connectivity index (χ3n) is 4.85. The fraction of sp³-hybridized carbons (Fsp3) is 0.600. The van der Waals surface area contributed by atoms with Gasteiger partial charge in [0.1, 0.15) is 0 Å². The number of hydrogen-bond acceptors (Lipinski definition) is 3. The molecule has 2 unspecified atom stereocenters. The van der Waals surface area contributed by atoms with Crippen molar-refractivity contribution in [1.29, 1.82) is 0 Å². The van der Waals surface area contributed by atoms with E-state index >= 15 is 0 Å². The van der Waals surface area contributed by atoms with E-state index < -0.39 is 10.0 Å². The molecule has 1 aliphatic heterocycles. The quantitative estimate of drug-likeness (QED) is 0.853. The van der Waals surface area contributed by atoms with Crippen LogP contribution in [0.3, 0.4) is 0 Å². The minimum Gasteiger partial charge on any atom is -0.398 e. The highest BCUT2D eigenvalue weighted by Crippen LogP contribution is 2.40. The molecule has 0 bridgehead atoms. The minimum absolute atomic E-state index is 0.203. The van der Waals surface area contributed by atoms with Crippen LogP contribution in [-0.2, 0) is 10.0 Å². The molecule has 1 aliphatic carbocycles. The summed E-state index contributed by atoms with van der Waals surface area (Å²) >= 11 is 0. The predicted molar refractivity (Wildman–Crippen MR) is 79.8 cm³/mol. The zero-order valence-electron chi connectivity index (χ0n) is 11.9. The fourth-order valence-electron chi connectivity index (χ4n) is 3.74. The Labute approximate surface area is 121 Å². The first-order valence-electron chi connectivity index (χ1n) is 7.39. The number of hydrogen-bond donors (Lipinski definition) is 1. The first-order valence-corrected chi connectivity index (χ1v) is 8.83. The van der Waals surface area contributed by atoms with Crippen LogP contribution < -0.4 is 5.73 Å². The molecule has 0 radical (unpaired) electrons. The number of benzene rings is 1. The maximum Gasteiger partial charge on any atom is 0.243 e. The number of anilines is 1. The molecule has 1 saturated carbocycles. The van der Waals surface area contributed by atoms with Gasteiger partial charge in [0.05, 0.1) is 4.90 Å². The molecule has 5 heteroatoms. The van der Waals surface area contributed by atoms with Crippen LogP contribution in [0.5, 0.6) is 0 Å². The topological polar surface area (TPSA) is 63.4 Å². The van der Waals surface area contributed by atoms with Gasteiger partial charge in [-0.2, -0.15) is 4.31 Å². The zero-order valence-corrected chi connectivity index (χ0v) is 12.7. The third kappa shape index (κ3) is 2.13. The number of rotatable bonds is 2. The van der Waals surface area contributed by atoms with Crippen LogP contribution in [0.15, 0.2) is 23.1 Å². The molecule has 1 saturated heterocycles. The summed E-state index contributed by atoms with van der Waals surface area (Å²) in [5, 5.41) is 0. The fourth-order valence-corrected chi connectivity index (χ4v) is 5.76. The van der Waals surface area contributed by atoms with Gasteiger partial charge in [-0.3, -0.25) is 0 Å². The zero-order chi connectivity index (χ0) is 14.3. The molecule has 4 nitrogen and oxygen atoms in total. The van der Waals surface area contributed by atoms with Crippen LogP contribution >= 0.6 is 0 Å². The average Bonchev–Trinajstić information content (AvgIpc) is 2.89. The Balaban J connectivity index is 2.01. The second kappa shape index (κ2) is 5.04. The Morgan fingerprint density at radius 2 is 1.95 bits per heavy atom. The molecule has 3 rings (SSSR count). The first-order chi connectivity index (χ1) is 9.51. The molecule has 1 heterocycles. The second-order valence-electron chi connectivity index (χ2n) is 5.99. The van der Waals surface area contributed by atoms with E-state index in [9.17, 15) is 8.42 Å². The molecule has 2 atom stereocenters. The van der Waals surface area contributed by atoms with E-state index in [4.69, 9.17) is 5.73 Å². The summed E-state index contributed by atoms with van der Waals surface area (Å²) in [6, 6.07) is 5.36. The van der Waals surface area contributed by atoms with Gasteiger partial charge in [-0.15, -0.1) is 0 Å². The largest absolute Gasteiger partial charge is 0.398 e. The van der Waals surface area contributed by atoms with Crippen molar-refractivity contribution in [3.05, 3.63) is 23.8 Å². The SMILES string of the molecule is Cc1c(N)cccc1S(=O)(=O)N1CCCC2CCCC21. The van der Waals surface area contributed by atoms with E-state index in [2.05, 4.69) is 0 Å². The first kappa shape index (κ1) is 13.9. The van der Waals surface area contributed by atoms with Crippen molar-refractivity contribution in [2.24, 2.45) is 5.92 Å². The number of fused-ring (bicyclic) bond motifs is 1. The van der Waals surface area contributed by atoms with Gasteiger partial charge in [0.2, 0.25) is 10.0 Å². The molecule has 20 heavy (non-hydrogen) atoms. The molecular weight excluding hydrogens is 272 g/mol. The second-order valence-corrected chi connectivity index (χ2v) is 7.85. The van der Waals surface area contributed by atoms with E-state index in [1.807, 2.05) is 0 Å². The normalized spacial score (nSPS) is 27.4. The lowest BCUT2D eigenvalue weighted by molar-refractivity contribution is 0.202. The lowest BCUT2D eigenvalue weighted by Crippen LogP contribution is -2.46. The molecule has 110 valence electrons. The Hall–Kier alpha value is -1.07. The Kier molecular flexibility index (Phi) is 3.50. The van der Waals surface area contributed by atoms with Gasteiger partial charge in [0.15, 0.2) is 0 Å². The molecule has 0 aromatic heterocycles. The lowest BCUT2D eigenvalue weighted by atomic mass is 9.94. The minimum atomic E-state index is -3.42. The number of nitrogens with two attached hydrogens (primary N) is 1. The van der Waals surface area contributed by atoms with Crippen molar-refractivity contribution in [3.63, 3.8) is 0 Å². The van der Waals surface area contributed by atoms with Gasteiger partial charge < -0.3 is 5.73 Å². The van der Waals surface area contributed by atoms with Crippen LogP contribution in [0.25, 0.3) is 0 Å². The molecule has 2 N–H and O–H groups in total. The number of nitrogens with zero attached hydrogens (tertiary/aromatic N) is 1. The highest BCUT2D eigenvalue weighted by Gasteiger charge is 2.41. The molecular formula is C15H22N2O2S. The summed E-state index contributed by atoms with van der Waals surface area (Å²) in [5.74, 6) is 0.555. The van der Waals surface area contributed by atoms with E-state index in [-0.39, 0.29) is 6.04 Å². The van der Waals surface area contributed by atoms with Crippen molar-refractivity contribution >= 4 is 15.7 Å². The highest BCUT2D eigenvalue weighted by molar-refractivity contribution is 7.89. The summed E-state index contributed by atoms with van der Waals surface area (Å²) in [4.78, 5) is 0.380. The molecule has 1 aromatic rings. The van der Waals surface area contributed by atoms with E-state index in [1.165, 1.54) is 12.8 Å². The Morgan fingerprint density at radius 1 is 1.20 bits per heavy atom. The maximum atomic E-state index is 13.0. The lowest BCUT2D eigenvalue weighted by Gasteiger charge is -2.37. The van der Waals surface area contributed by atoms with Gasteiger partial charge in [-0.25, -0.2) is 8.42 Å². The van der Waals surface area contributed by atoms with Crippen molar-refractivity contribution in [1.82, 2.24) is 4.31 Å². The monoisotopic (exact) mass is 294 g/mol.